The summed E-state index contributed by atoms with van der Waals surface area (Å²) >= 11 is 1.34. The first-order chi connectivity index (χ1) is 18.5. The van der Waals surface area contributed by atoms with E-state index in [0.29, 0.717) is 35.4 Å². The van der Waals surface area contributed by atoms with Crippen molar-refractivity contribution in [1.82, 2.24) is 4.90 Å². The molecule has 1 amide bonds. The normalized spacial score (nSPS) is 16.6. The molecule has 0 unspecified atom stereocenters. The van der Waals surface area contributed by atoms with Gasteiger partial charge in [0.15, 0.2) is 16.7 Å². The number of benzene rings is 3. The highest BCUT2D eigenvalue weighted by atomic mass is 32.2. The van der Waals surface area contributed by atoms with E-state index in [1.807, 2.05) is 78.2 Å². The van der Waals surface area contributed by atoms with Gasteiger partial charge in [0.1, 0.15) is 11.6 Å². The van der Waals surface area contributed by atoms with Crippen LogP contribution in [-0.2, 0) is 4.79 Å². The first kappa shape index (κ1) is 25.4. The van der Waals surface area contributed by atoms with Crippen molar-refractivity contribution in [2.45, 2.75) is 6.92 Å². The van der Waals surface area contributed by atoms with Crippen molar-refractivity contribution in [2.24, 2.45) is 10.9 Å². The molecule has 0 radical (unpaired) electrons. The van der Waals surface area contributed by atoms with E-state index in [-0.39, 0.29) is 17.3 Å². The van der Waals surface area contributed by atoms with Crippen LogP contribution >= 0.6 is 11.8 Å². The van der Waals surface area contributed by atoms with Gasteiger partial charge in [0, 0.05) is 11.3 Å². The zero-order chi connectivity index (χ0) is 26.5. The van der Waals surface area contributed by atoms with Gasteiger partial charge in [-0.25, -0.2) is 0 Å². The molecule has 38 heavy (non-hydrogen) atoms. The van der Waals surface area contributed by atoms with Crippen LogP contribution in [-0.4, -0.2) is 42.1 Å². The first-order valence-corrected chi connectivity index (χ1v) is 13.1. The summed E-state index contributed by atoms with van der Waals surface area (Å²) in [7, 11) is 1.57. The van der Waals surface area contributed by atoms with E-state index in [4.69, 9.17) is 19.6 Å². The van der Waals surface area contributed by atoms with E-state index >= 15 is 0 Å². The maximum absolute atomic E-state index is 12.8. The quantitative estimate of drug-likeness (QED) is 0.340. The van der Waals surface area contributed by atoms with Gasteiger partial charge in [0.25, 0.3) is 5.91 Å². The van der Waals surface area contributed by atoms with E-state index in [1.165, 1.54) is 11.8 Å². The first-order valence-electron chi connectivity index (χ1n) is 12.2. The molecule has 0 aromatic heterocycles. The second kappa shape index (κ2) is 11.4. The van der Waals surface area contributed by atoms with Crippen LogP contribution in [0.1, 0.15) is 18.1 Å². The Bertz CT molecular complexity index is 1430. The highest BCUT2D eigenvalue weighted by Crippen LogP contribution is 2.37. The topological polar surface area (TPSA) is 84.2 Å². The summed E-state index contributed by atoms with van der Waals surface area (Å²) in [5, 5.41) is 11.2. The Morgan fingerprint density at radius 3 is 2.42 bits per heavy atom. The number of carbonyl (C=O) groups excluding carboxylic acids is 1. The molecular formula is C30H27N3O4S. The maximum Gasteiger partial charge on any atom is 0.283 e. The average molecular weight is 526 g/mol. The molecule has 2 aliphatic rings. The molecule has 0 saturated heterocycles. The van der Waals surface area contributed by atoms with Crippen LogP contribution in [0.4, 0.5) is 0 Å². The fourth-order valence-electron chi connectivity index (χ4n) is 4.01. The number of rotatable bonds is 9. The lowest BCUT2D eigenvalue weighted by Gasteiger charge is -2.27. The summed E-state index contributed by atoms with van der Waals surface area (Å²) in [6.07, 6.45) is 1.67. The molecule has 8 heteroatoms. The van der Waals surface area contributed by atoms with E-state index < -0.39 is 5.91 Å². The minimum absolute atomic E-state index is 0.0895. The van der Waals surface area contributed by atoms with Crippen molar-refractivity contribution in [3.63, 3.8) is 0 Å². The van der Waals surface area contributed by atoms with E-state index in [0.717, 1.165) is 17.0 Å². The monoisotopic (exact) mass is 525 g/mol. The summed E-state index contributed by atoms with van der Waals surface area (Å²) in [5.74, 6) is 1.76. The number of methoxy groups -OCH3 is 1. The predicted octanol–water partition coefficient (Wildman–Crippen LogP) is 6.09. The van der Waals surface area contributed by atoms with Crippen molar-refractivity contribution in [3.8, 4) is 17.2 Å². The third-order valence-electron chi connectivity index (χ3n) is 5.98. The highest BCUT2D eigenvalue weighted by molar-refractivity contribution is 8.17. The summed E-state index contributed by atoms with van der Waals surface area (Å²) in [4.78, 5) is 18.8. The van der Waals surface area contributed by atoms with Crippen LogP contribution in [0.2, 0.25) is 0 Å². The van der Waals surface area contributed by atoms with Crippen molar-refractivity contribution in [3.05, 3.63) is 101 Å². The number of carbonyl (C=O) groups is 1. The van der Waals surface area contributed by atoms with Crippen LogP contribution in [0.15, 0.2) is 94.8 Å². The van der Waals surface area contributed by atoms with Crippen LogP contribution in [0, 0.1) is 11.3 Å². The fraction of sp³-hybridized carbons (Fsp3) is 0.167. The van der Waals surface area contributed by atoms with E-state index in [2.05, 4.69) is 11.9 Å². The van der Waals surface area contributed by atoms with Crippen molar-refractivity contribution in [2.75, 3.05) is 20.3 Å². The molecular weight excluding hydrogens is 498 g/mol. The molecule has 0 aliphatic carbocycles. The van der Waals surface area contributed by atoms with E-state index in [1.54, 1.807) is 24.2 Å². The number of amides is 1. The molecule has 2 heterocycles. The van der Waals surface area contributed by atoms with Gasteiger partial charge in [0.05, 0.1) is 31.6 Å². The van der Waals surface area contributed by atoms with Gasteiger partial charge >= 0.3 is 0 Å². The third kappa shape index (κ3) is 5.50. The van der Waals surface area contributed by atoms with E-state index in [9.17, 15) is 4.79 Å². The molecule has 192 valence electrons. The average Bonchev–Trinajstić information content (AvgIpc) is 3.38. The number of hydrogen-bond donors (Lipinski definition) is 1. The number of nitrogens with zero attached hydrogens (tertiary/aromatic N) is 2. The fourth-order valence-corrected chi connectivity index (χ4v) is 4.90. The Morgan fingerprint density at radius 1 is 0.974 bits per heavy atom. The Labute approximate surface area is 225 Å². The van der Waals surface area contributed by atoms with Gasteiger partial charge in [0.2, 0.25) is 0 Å². The van der Waals surface area contributed by atoms with Crippen molar-refractivity contribution >= 4 is 40.4 Å². The number of nitrogens with one attached hydrogen (secondary N) is 1. The molecule has 0 bridgehead atoms. The molecule has 5 rings (SSSR count). The number of ether oxygens (including phenoxy) is 3. The second-order valence-electron chi connectivity index (χ2n) is 8.88. The molecule has 0 spiro atoms. The Hall–Kier alpha value is -4.30. The summed E-state index contributed by atoms with van der Waals surface area (Å²) in [6, 6.07) is 24.9. The summed E-state index contributed by atoms with van der Waals surface area (Å²) in [5.41, 5.74) is 2.69. The molecule has 3 aromatic carbocycles. The largest absolute Gasteiger partial charge is 0.493 e. The standard InChI is InChI=1S/C30H27N3O4S/c1-20(17-36-23-11-7-4-8-12-23)18-37-26-14-13-21(16-27(26)35-2)15-24-28(31)33-25(22-9-5-3-6-10-22)19-38-30(33)32-29(24)34/h3-16,19-20,31H,17-18H2,1-2H3/b24-15-,31-28?/t20-/m1/s1. The summed E-state index contributed by atoms with van der Waals surface area (Å²) < 4.78 is 17.4. The Balaban J connectivity index is 1.29. The predicted molar refractivity (Wildman–Crippen MR) is 152 cm³/mol. The van der Waals surface area contributed by atoms with Crippen LogP contribution in [0.3, 0.4) is 0 Å². The molecule has 7 nitrogen and oxygen atoms in total. The van der Waals surface area contributed by atoms with Crippen LogP contribution in [0.25, 0.3) is 11.8 Å². The van der Waals surface area contributed by atoms with Gasteiger partial charge in [-0.2, -0.15) is 4.99 Å². The smallest absolute Gasteiger partial charge is 0.283 e. The molecule has 1 atom stereocenters. The Morgan fingerprint density at radius 2 is 1.68 bits per heavy atom. The third-order valence-corrected chi connectivity index (χ3v) is 6.81. The van der Waals surface area contributed by atoms with Gasteiger partial charge in [-0.15, -0.1) is 0 Å². The molecule has 3 aromatic rings. The number of para-hydroxylation sites is 1. The van der Waals surface area contributed by atoms with Crippen LogP contribution in [0.5, 0.6) is 17.2 Å². The number of fused-ring (bicyclic) bond motifs is 1. The molecule has 2 aliphatic heterocycles. The number of thioether (sulfide) groups is 1. The van der Waals surface area contributed by atoms with Gasteiger partial charge < -0.3 is 14.2 Å². The Kier molecular flexibility index (Phi) is 7.60. The maximum atomic E-state index is 12.8. The van der Waals surface area contributed by atoms with Crippen molar-refractivity contribution < 1.29 is 19.0 Å². The van der Waals surface area contributed by atoms with Gasteiger partial charge in [-0.3, -0.25) is 15.1 Å². The lowest BCUT2D eigenvalue weighted by atomic mass is 10.1. The minimum atomic E-state index is -0.442. The second-order valence-corrected chi connectivity index (χ2v) is 9.72. The SMILES string of the molecule is COc1cc(/C=C2/C(=N)N3C(c4ccccc4)=CSC3=NC2=O)ccc1OC[C@H](C)COc1ccccc1. The lowest BCUT2D eigenvalue weighted by Crippen LogP contribution is -2.38. The number of hydrogen-bond acceptors (Lipinski definition) is 6. The zero-order valence-electron chi connectivity index (χ0n) is 21.1. The number of aliphatic imine (C=N–C) groups is 1. The summed E-state index contributed by atoms with van der Waals surface area (Å²) in [6.45, 7) is 3.03. The highest BCUT2D eigenvalue weighted by Gasteiger charge is 2.36. The minimum Gasteiger partial charge on any atom is -0.493 e. The van der Waals surface area contributed by atoms with Crippen LogP contribution < -0.4 is 14.2 Å². The molecule has 0 saturated carbocycles. The molecule has 1 N–H and O–H groups in total. The van der Waals surface area contributed by atoms with Crippen molar-refractivity contribution in [1.29, 1.82) is 5.41 Å². The number of amidine groups is 2. The zero-order valence-corrected chi connectivity index (χ0v) is 21.9. The van der Waals surface area contributed by atoms with Gasteiger partial charge in [-0.1, -0.05) is 73.3 Å². The van der Waals surface area contributed by atoms with Gasteiger partial charge in [-0.05, 0) is 41.5 Å². The lowest BCUT2D eigenvalue weighted by molar-refractivity contribution is -0.114. The molecule has 0 fully saturated rings.